The van der Waals surface area contributed by atoms with Crippen molar-refractivity contribution in [1.29, 1.82) is 0 Å². The normalized spacial score (nSPS) is 12.0. The number of hydrogen-bond donors (Lipinski definition) is 0. The molecule has 0 heterocycles. The van der Waals surface area contributed by atoms with E-state index in [1.807, 2.05) is 0 Å². The Morgan fingerprint density at radius 1 is 0.362 bits per heavy atom. The smallest absolute Gasteiger partial charge is 0.0639 e. The second-order valence-electron chi connectivity index (χ2n) is 14.4. The maximum absolute atomic E-state index is 5.28. The van der Waals surface area contributed by atoms with Gasteiger partial charge in [-0.05, 0) is 99.9 Å². The molecular weight excluding hydrogens is 615 g/mol. The van der Waals surface area contributed by atoms with Gasteiger partial charge in [0.2, 0.25) is 0 Å². The van der Waals surface area contributed by atoms with Gasteiger partial charge in [0.25, 0.3) is 0 Å². The summed E-state index contributed by atoms with van der Waals surface area (Å²) in [7, 11) is 0. The summed E-state index contributed by atoms with van der Waals surface area (Å²) in [5.41, 5.74) is 9.62. The number of unbranched alkanes of at least 4 members (excludes halogenated alkanes) is 20. The molecule has 0 fully saturated rings. The first-order chi connectivity index (χ1) is 22.4. The Morgan fingerprint density at radius 2 is 0.617 bits per heavy atom. The Bertz CT molecular complexity index is 1090. The number of benzene rings is 2. The Balaban J connectivity index is 0.0000110. The quantitative estimate of drug-likeness (QED) is 0.0507. The number of nitrogens with zero attached hydrogens (tertiary/aromatic N) is 2. The number of hydrogen-bond acceptors (Lipinski definition) is 2. The van der Waals surface area contributed by atoms with Crippen LogP contribution in [0.25, 0.3) is 0 Å². The van der Waals surface area contributed by atoms with E-state index in [1.54, 1.807) is 0 Å². The zero-order chi connectivity index (χ0) is 33.2. The Labute approximate surface area is 302 Å². The molecule has 0 aliphatic heterocycles. The van der Waals surface area contributed by atoms with Gasteiger partial charge in [-0.25, -0.2) is 0 Å². The molecule has 0 radical (unpaired) electrons. The van der Waals surface area contributed by atoms with Crippen LogP contribution in [0.1, 0.15) is 190 Å². The van der Waals surface area contributed by atoms with Crippen LogP contribution in [0, 0.1) is 27.7 Å². The molecule has 0 atom stereocenters. The van der Waals surface area contributed by atoms with E-state index in [0.29, 0.717) is 0 Å². The Kier molecular flexibility index (Phi) is 25.9. The monoisotopic (exact) mass is 687 g/mol. The molecule has 268 valence electrons. The molecule has 0 saturated carbocycles. The fourth-order valence-corrected chi connectivity index (χ4v) is 6.76. The first-order valence-electron chi connectivity index (χ1n) is 19.7. The first kappa shape index (κ1) is 43.3. The van der Waals surface area contributed by atoms with Crippen LogP contribution in [-0.4, -0.2) is 11.4 Å². The van der Waals surface area contributed by atoms with Gasteiger partial charge in [-0.1, -0.05) is 154 Å². The minimum atomic E-state index is 0. The molecule has 0 aliphatic rings. The molecule has 0 aromatic heterocycles. The molecule has 0 aliphatic carbocycles. The van der Waals surface area contributed by atoms with Crippen LogP contribution in [0.5, 0.6) is 0 Å². The van der Waals surface area contributed by atoms with Crippen LogP contribution in [0.3, 0.4) is 0 Å². The average molecular weight is 688 g/mol. The summed E-state index contributed by atoms with van der Waals surface area (Å²) >= 11 is 0. The van der Waals surface area contributed by atoms with Gasteiger partial charge < -0.3 is 0 Å². The molecule has 0 bridgehead atoms. The summed E-state index contributed by atoms with van der Waals surface area (Å²) in [5, 5.41) is 0. The van der Waals surface area contributed by atoms with E-state index in [9.17, 15) is 0 Å². The van der Waals surface area contributed by atoms with E-state index in [-0.39, 0.29) is 16.5 Å². The van der Waals surface area contributed by atoms with Gasteiger partial charge in [-0.3, -0.25) is 9.98 Å². The molecule has 2 nitrogen and oxygen atoms in total. The summed E-state index contributed by atoms with van der Waals surface area (Å²) in [6.07, 6.45) is 32.6. The molecule has 2 rings (SSSR count). The second-order valence-corrected chi connectivity index (χ2v) is 14.4. The number of aliphatic imine (C=N–C) groups is 2. The predicted octanol–water partition coefficient (Wildman–Crippen LogP) is 15.2. The number of aryl methyl sites for hydroxylation is 4. The fourth-order valence-electron chi connectivity index (χ4n) is 6.76. The summed E-state index contributed by atoms with van der Waals surface area (Å²) in [6.45, 7) is 13.3. The topological polar surface area (TPSA) is 24.7 Å². The second kappa shape index (κ2) is 28.1. The van der Waals surface area contributed by atoms with Crippen molar-refractivity contribution in [3.05, 3.63) is 58.7 Å². The summed E-state index contributed by atoms with van der Waals surface area (Å²) in [5.74, 6) is 0. The van der Waals surface area contributed by atoms with Crippen molar-refractivity contribution in [2.75, 3.05) is 0 Å². The third kappa shape index (κ3) is 21.8. The average Bonchev–Trinajstić information content (AvgIpc) is 3.00. The molecule has 0 spiro atoms. The van der Waals surface area contributed by atoms with Crippen LogP contribution in [0.15, 0.2) is 46.4 Å². The van der Waals surface area contributed by atoms with E-state index in [2.05, 4.69) is 77.9 Å². The number of rotatable bonds is 27. The van der Waals surface area contributed by atoms with Gasteiger partial charge in [0.15, 0.2) is 0 Å². The maximum Gasteiger partial charge on any atom is 0.0639 e. The zero-order valence-corrected chi connectivity index (χ0v) is 32.6. The fraction of sp³-hybridized carbons (Fsp3) is 0.682. The van der Waals surface area contributed by atoms with E-state index < -0.39 is 0 Å². The summed E-state index contributed by atoms with van der Waals surface area (Å²) in [6, 6.07) is 13.3. The molecule has 2 aromatic rings. The zero-order valence-electron chi connectivity index (χ0n) is 31.6. The van der Waals surface area contributed by atoms with Crippen LogP contribution >= 0.6 is 0 Å². The Morgan fingerprint density at radius 3 is 0.915 bits per heavy atom. The van der Waals surface area contributed by atoms with Crippen molar-refractivity contribution in [2.24, 2.45) is 9.98 Å². The van der Waals surface area contributed by atoms with E-state index in [4.69, 9.17) is 9.98 Å². The van der Waals surface area contributed by atoms with Gasteiger partial charge >= 0.3 is 0 Å². The maximum atomic E-state index is 5.28. The van der Waals surface area contributed by atoms with Crippen LogP contribution in [0.4, 0.5) is 11.4 Å². The minimum Gasteiger partial charge on any atom is -0.252 e. The van der Waals surface area contributed by atoms with E-state index in [0.717, 1.165) is 30.6 Å². The van der Waals surface area contributed by atoms with Crippen molar-refractivity contribution in [1.82, 2.24) is 0 Å². The van der Waals surface area contributed by atoms with Gasteiger partial charge in [0, 0.05) is 16.5 Å². The van der Waals surface area contributed by atoms with Crippen LogP contribution < -0.4 is 0 Å². The van der Waals surface area contributed by atoms with Gasteiger partial charge in [-0.15, -0.1) is 0 Å². The Hall–Kier alpha value is -1.73. The van der Waals surface area contributed by atoms with Crippen LogP contribution in [-0.2, 0) is 16.5 Å². The summed E-state index contributed by atoms with van der Waals surface area (Å²) in [4.78, 5) is 10.5. The molecule has 47 heavy (non-hydrogen) atoms. The molecule has 0 N–H and O–H groups in total. The molecular formula is C44H72N2Ni. The molecule has 3 heteroatoms. The van der Waals surface area contributed by atoms with E-state index in [1.165, 1.54) is 169 Å². The molecule has 2 aromatic carbocycles. The van der Waals surface area contributed by atoms with Crippen molar-refractivity contribution >= 4 is 22.8 Å². The van der Waals surface area contributed by atoms with E-state index >= 15 is 0 Å². The SMILES string of the molecule is CCCCCCCCCCCCCCCCCCCCCCC(=N\c1cc(C)cc(C)c1)/C(CCCC)=N/c1cc(C)cc(C)c1.[Ni]. The molecule has 0 saturated heterocycles. The summed E-state index contributed by atoms with van der Waals surface area (Å²) < 4.78 is 0. The van der Waals surface area contributed by atoms with Gasteiger partial charge in [0.1, 0.15) is 0 Å². The predicted molar refractivity (Wildman–Crippen MR) is 208 cm³/mol. The van der Waals surface area contributed by atoms with Crippen molar-refractivity contribution in [2.45, 2.75) is 196 Å². The molecule has 0 unspecified atom stereocenters. The van der Waals surface area contributed by atoms with Crippen molar-refractivity contribution in [3.8, 4) is 0 Å². The first-order valence-corrected chi connectivity index (χ1v) is 19.7. The standard InChI is InChI=1S/C44H72N2.Ni/c1-7-9-11-12-13-14-15-16-17-18-19-20-21-22-23-24-25-26-27-28-30-44(46-42-35-39(5)32-40(6)36-42)43(29-10-8-2)45-41-33-37(3)31-38(4)34-41;/h31-36H,7-30H2,1-6H3;/b45-43+,46-44+;. The van der Waals surface area contributed by atoms with Gasteiger partial charge in [-0.2, -0.15) is 0 Å². The van der Waals surface area contributed by atoms with Crippen molar-refractivity contribution < 1.29 is 16.5 Å². The largest absolute Gasteiger partial charge is 0.252 e. The molecule has 0 amide bonds. The third-order valence-electron chi connectivity index (χ3n) is 9.31. The minimum absolute atomic E-state index is 0. The van der Waals surface area contributed by atoms with Gasteiger partial charge in [0.05, 0.1) is 22.8 Å². The van der Waals surface area contributed by atoms with Crippen LogP contribution in [0.2, 0.25) is 0 Å². The van der Waals surface area contributed by atoms with Crippen molar-refractivity contribution in [3.63, 3.8) is 0 Å². The third-order valence-corrected chi connectivity index (χ3v) is 9.31.